The standard InChI is InChI=1S/C28H30N2O2/c1-27(2)12-13-28(3,4)24-17-22(18-25-29-14-5-15-30-25)21(16-23(24)27)11-8-19-6-9-20(10-7-19)26(31)32/h5-11,14-17H,12-13,18H2,1-4H3,(H,31,32). The fourth-order valence-corrected chi connectivity index (χ4v) is 4.50. The third-order valence-corrected chi connectivity index (χ3v) is 6.69. The van der Waals surface area contributed by atoms with E-state index in [1.54, 1.807) is 24.5 Å². The molecule has 0 saturated heterocycles. The van der Waals surface area contributed by atoms with E-state index in [9.17, 15) is 4.79 Å². The highest BCUT2D eigenvalue weighted by atomic mass is 16.4. The lowest BCUT2D eigenvalue weighted by atomic mass is 9.62. The Labute approximate surface area is 190 Å². The highest BCUT2D eigenvalue weighted by Gasteiger charge is 2.37. The van der Waals surface area contributed by atoms with Crippen LogP contribution in [0.3, 0.4) is 0 Å². The van der Waals surface area contributed by atoms with Gasteiger partial charge in [-0.05, 0) is 69.7 Å². The van der Waals surface area contributed by atoms with Crippen LogP contribution in [-0.2, 0) is 17.3 Å². The summed E-state index contributed by atoms with van der Waals surface area (Å²) >= 11 is 0. The van der Waals surface area contributed by atoms with Crippen LogP contribution in [0.5, 0.6) is 0 Å². The molecule has 0 atom stereocenters. The Morgan fingerprint density at radius 3 is 2.12 bits per heavy atom. The Morgan fingerprint density at radius 1 is 0.938 bits per heavy atom. The molecule has 1 aromatic heterocycles. The van der Waals surface area contributed by atoms with Crippen molar-refractivity contribution in [1.29, 1.82) is 0 Å². The van der Waals surface area contributed by atoms with Gasteiger partial charge in [-0.25, -0.2) is 14.8 Å². The number of carbonyl (C=O) groups is 1. The van der Waals surface area contributed by atoms with Crippen molar-refractivity contribution in [3.63, 3.8) is 0 Å². The van der Waals surface area contributed by atoms with Crippen LogP contribution >= 0.6 is 0 Å². The van der Waals surface area contributed by atoms with Gasteiger partial charge in [0.15, 0.2) is 0 Å². The minimum Gasteiger partial charge on any atom is -0.478 e. The molecule has 0 bridgehead atoms. The second-order valence-corrected chi connectivity index (χ2v) is 9.97. The predicted molar refractivity (Wildman–Crippen MR) is 129 cm³/mol. The van der Waals surface area contributed by atoms with Crippen LogP contribution in [0.1, 0.15) is 84.5 Å². The highest BCUT2D eigenvalue weighted by molar-refractivity contribution is 5.88. The second kappa shape index (κ2) is 8.34. The molecule has 0 saturated carbocycles. The Kier molecular flexibility index (Phi) is 5.72. The number of carboxylic acids is 1. The van der Waals surface area contributed by atoms with E-state index in [0.717, 1.165) is 23.4 Å². The average Bonchev–Trinajstić information content (AvgIpc) is 2.77. The zero-order valence-electron chi connectivity index (χ0n) is 19.2. The van der Waals surface area contributed by atoms with Gasteiger partial charge in [-0.3, -0.25) is 0 Å². The van der Waals surface area contributed by atoms with Gasteiger partial charge in [0.1, 0.15) is 5.82 Å². The fourth-order valence-electron chi connectivity index (χ4n) is 4.50. The van der Waals surface area contributed by atoms with Gasteiger partial charge in [-0.15, -0.1) is 0 Å². The van der Waals surface area contributed by atoms with E-state index in [4.69, 9.17) is 5.11 Å². The number of hydrogen-bond acceptors (Lipinski definition) is 3. The van der Waals surface area contributed by atoms with E-state index in [1.807, 2.05) is 24.3 Å². The molecule has 1 N–H and O–H groups in total. The summed E-state index contributed by atoms with van der Waals surface area (Å²) in [6.45, 7) is 9.34. The first-order chi connectivity index (χ1) is 15.2. The minimum atomic E-state index is -0.912. The normalized spacial score (nSPS) is 16.6. The van der Waals surface area contributed by atoms with Gasteiger partial charge < -0.3 is 5.11 Å². The third-order valence-electron chi connectivity index (χ3n) is 6.69. The first-order valence-electron chi connectivity index (χ1n) is 11.1. The van der Waals surface area contributed by atoms with E-state index in [1.165, 1.54) is 23.1 Å². The van der Waals surface area contributed by atoms with Crippen molar-refractivity contribution in [2.75, 3.05) is 0 Å². The lowest BCUT2D eigenvalue weighted by Crippen LogP contribution is -2.34. The predicted octanol–water partition coefficient (Wildman–Crippen LogP) is 6.29. The Balaban J connectivity index is 1.79. The Bertz CT molecular complexity index is 1160. The van der Waals surface area contributed by atoms with E-state index >= 15 is 0 Å². The van der Waals surface area contributed by atoms with Gasteiger partial charge >= 0.3 is 5.97 Å². The lowest BCUT2D eigenvalue weighted by molar-refractivity contribution is 0.0697. The van der Waals surface area contributed by atoms with Crippen molar-refractivity contribution in [3.05, 3.63) is 94.1 Å². The molecule has 3 aromatic rings. The minimum absolute atomic E-state index is 0.123. The fraction of sp³-hybridized carbons (Fsp3) is 0.321. The monoisotopic (exact) mass is 426 g/mol. The van der Waals surface area contributed by atoms with Crippen LogP contribution in [0, 0.1) is 0 Å². The average molecular weight is 427 g/mol. The smallest absolute Gasteiger partial charge is 0.335 e. The summed E-state index contributed by atoms with van der Waals surface area (Å²) < 4.78 is 0. The third kappa shape index (κ3) is 4.50. The number of aromatic carboxylic acids is 1. The molecular formula is C28H30N2O2. The largest absolute Gasteiger partial charge is 0.478 e. The van der Waals surface area contributed by atoms with E-state index in [0.29, 0.717) is 12.0 Å². The molecule has 1 heterocycles. The number of fused-ring (bicyclic) bond motifs is 1. The maximum atomic E-state index is 11.1. The zero-order chi connectivity index (χ0) is 22.9. The van der Waals surface area contributed by atoms with E-state index < -0.39 is 5.97 Å². The van der Waals surface area contributed by atoms with Crippen LogP contribution in [0.2, 0.25) is 0 Å². The molecule has 1 aliphatic rings. The molecule has 0 radical (unpaired) electrons. The molecule has 0 spiro atoms. The summed E-state index contributed by atoms with van der Waals surface area (Å²) in [5.74, 6) is -0.106. The summed E-state index contributed by atoms with van der Waals surface area (Å²) in [4.78, 5) is 20.0. The molecule has 4 rings (SSSR count). The van der Waals surface area contributed by atoms with Crippen LogP contribution in [0.25, 0.3) is 12.2 Å². The summed E-state index contributed by atoms with van der Waals surface area (Å²) in [5, 5.41) is 9.13. The molecule has 32 heavy (non-hydrogen) atoms. The number of hydrogen-bond donors (Lipinski definition) is 1. The van der Waals surface area contributed by atoms with Crippen molar-refractivity contribution in [2.45, 2.75) is 57.8 Å². The zero-order valence-corrected chi connectivity index (χ0v) is 19.2. The SMILES string of the molecule is CC1(C)CCC(C)(C)c2cc(Cc3ncccn3)c(C=Cc3ccc(C(=O)O)cc3)cc21. The summed E-state index contributed by atoms with van der Waals surface area (Å²) in [6, 6.07) is 13.5. The maximum Gasteiger partial charge on any atom is 0.335 e. The van der Waals surface area contributed by atoms with Crippen molar-refractivity contribution in [3.8, 4) is 0 Å². The first-order valence-corrected chi connectivity index (χ1v) is 11.1. The first kappa shape index (κ1) is 21.9. The molecule has 0 aliphatic heterocycles. The van der Waals surface area contributed by atoms with Crippen LogP contribution in [-0.4, -0.2) is 21.0 Å². The molecule has 4 nitrogen and oxygen atoms in total. The summed E-state index contributed by atoms with van der Waals surface area (Å²) in [5.41, 5.74) is 6.71. The van der Waals surface area contributed by atoms with Gasteiger partial charge in [0, 0.05) is 18.8 Å². The molecule has 0 unspecified atom stereocenters. The van der Waals surface area contributed by atoms with Crippen LogP contribution in [0.15, 0.2) is 54.9 Å². The van der Waals surface area contributed by atoms with Crippen molar-refractivity contribution in [2.24, 2.45) is 0 Å². The Hall–Kier alpha value is -3.27. The van der Waals surface area contributed by atoms with Crippen molar-refractivity contribution in [1.82, 2.24) is 9.97 Å². The van der Waals surface area contributed by atoms with Crippen molar-refractivity contribution < 1.29 is 9.90 Å². The lowest BCUT2D eigenvalue weighted by Gasteiger charge is -2.42. The highest BCUT2D eigenvalue weighted by Crippen LogP contribution is 2.46. The molecule has 0 amide bonds. The molecular weight excluding hydrogens is 396 g/mol. The topological polar surface area (TPSA) is 63.1 Å². The number of aromatic nitrogens is 2. The summed E-state index contributed by atoms with van der Waals surface area (Å²) in [7, 11) is 0. The quantitative estimate of drug-likeness (QED) is 0.487. The van der Waals surface area contributed by atoms with Gasteiger partial charge in [0.2, 0.25) is 0 Å². The Morgan fingerprint density at radius 2 is 1.53 bits per heavy atom. The van der Waals surface area contributed by atoms with E-state index in [2.05, 4.69) is 55.9 Å². The molecule has 0 fully saturated rings. The maximum absolute atomic E-state index is 11.1. The van der Waals surface area contributed by atoms with Gasteiger partial charge in [-0.1, -0.05) is 64.1 Å². The molecule has 164 valence electrons. The van der Waals surface area contributed by atoms with Gasteiger partial charge in [0.25, 0.3) is 0 Å². The number of nitrogens with zero attached hydrogens (tertiary/aromatic N) is 2. The van der Waals surface area contributed by atoms with E-state index in [-0.39, 0.29) is 10.8 Å². The molecule has 4 heteroatoms. The number of benzene rings is 2. The van der Waals surface area contributed by atoms with Crippen LogP contribution in [0.4, 0.5) is 0 Å². The second-order valence-electron chi connectivity index (χ2n) is 9.97. The molecule has 1 aliphatic carbocycles. The summed E-state index contributed by atoms with van der Waals surface area (Å²) in [6.07, 6.45) is 10.7. The number of rotatable bonds is 5. The number of carboxylic acid groups (broad SMARTS) is 1. The molecule has 2 aromatic carbocycles. The van der Waals surface area contributed by atoms with Crippen molar-refractivity contribution >= 4 is 18.1 Å². The van der Waals surface area contributed by atoms with Gasteiger partial charge in [-0.2, -0.15) is 0 Å². The van der Waals surface area contributed by atoms with Crippen LogP contribution < -0.4 is 0 Å². The van der Waals surface area contributed by atoms with Gasteiger partial charge in [0.05, 0.1) is 5.56 Å².